The van der Waals surface area contributed by atoms with Crippen molar-refractivity contribution in [1.29, 1.82) is 0 Å². The molecular weight excluding hydrogens is 346 g/mol. The van der Waals surface area contributed by atoms with E-state index in [-0.39, 0.29) is 23.9 Å². The summed E-state index contributed by atoms with van der Waals surface area (Å²) in [5.74, 6) is 0.644. The Kier molecular flexibility index (Phi) is 4.86. The second-order valence-electron chi connectivity index (χ2n) is 6.73. The number of para-hydroxylation sites is 1. The van der Waals surface area contributed by atoms with Crippen LogP contribution in [-0.4, -0.2) is 40.4 Å². The van der Waals surface area contributed by atoms with Crippen LogP contribution in [0.3, 0.4) is 0 Å². The van der Waals surface area contributed by atoms with Gasteiger partial charge in [0.1, 0.15) is 11.5 Å². The number of carbonyl (C=O) groups excluding carboxylic acids is 1. The van der Waals surface area contributed by atoms with E-state index in [1.54, 1.807) is 6.07 Å². The highest BCUT2D eigenvalue weighted by atomic mass is 16.5. The smallest absolute Gasteiger partial charge is 0.264 e. The summed E-state index contributed by atoms with van der Waals surface area (Å²) in [6, 6.07) is 10.9. The minimum Gasteiger partial charge on any atom is -0.356 e. The zero-order valence-corrected chi connectivity index (χ0v) is 14.9. The van der Waals surface area contributed by atoms with Crippen LogP contribution in [0, 0.1) is 0 Å². The molecule has 3 aromatic rings. The Morgan fingerprint density at radius 1 is 1.26 bits per heavy atom. The summed E-state index contributed by atoms with van der Waals surface area (Å²) in [7, 11) is 0. The van der Waals surface area contributed by atoms with Crippen molar-refractivity contribution in [3.05, 3.63) is 52.4 Å². The van der Waals surface area contributed by atoms with Crippen molar-refractivity contribution >= 4 is 22.7 Å². The molecule has 140 valence electrons. The Morgan fingerprint density at radius 3 is 3.00 bits per heavy atom. The predicted molar refractivity (Wildman–Crippen MR) is 101 cm³/mol. The molecule has 0 spiro atoms. The van der Waals surface area contributed by atoms with Gasteiger partial charge in [-0.3, -0.25) is 9.59 Å². The molecule has 1 unspecified atom stereocenters. The molecule has 1 aliphatic rings. The lowest BCUT2D eigenvalue weighted by atomic mass is 10.0. The maximum atomic E-state index is 12.4. The molecular formula is C19H21N5O3. The number of amides is 1. The van der Waals surface area contributed by atoms with E-state index < -0.39 is 0 Å². The van der Waals surface area contributed by atoms with Gasteiger partial charge in [-0.25, -0.2) is 5.10 Å². The summed E-state index contributed by atoms with van der Waals surface area (Å²) in [6.07, 6.45) is 3.32. The van der Waals surface area contributed by atoms with Crippen LogP contribution in [0.25, 0.3) is 11.0 Å². The lowest BCUT2D eigenvalue weighted by Gasteiger charge is -2.36. The van der Waals surface area contributed by atoms with E-state index in [9.17, 15) is 9.59 Å². The van der Waals surface area contributed by atoms with E-state index >= 15 is 0 Å². The number of carbonyl (C=O) groups is 1. The van der Waals surface area contributed by atoms with Crippen LogP contribution < -0.4 is 15.8 Å². The SMILES string of the molecule is O=C(Cc1noc2ccccc12)NCC1CCCCN1c1ccc(=O)[nH]n1. The van der Waals surface area contributed by atoms with E-state index in [4.69, 9.17) is 4.52 Å². The van der Waals surface area contributed by atoms with Gasteiger partial charge in [-0.15, -0.1) is 0 Å². The fraction of sp³-hybridized carbons (Fsp3) is 0.368. The normalized spacial score (nSPS) is 17.2. The minimum atomic E-state index is -0.222. The van der Waals surface area contributed by atoms with Gasteiger partial charge in [0.15, 0.2) is 5.58 Å². The lowest BCUT2D eigenvalue weighted by Crippen LogP contribution is -2.47. The first-order chi connectivity index (χ1) is 13.2. The Balaban J connectivity index is 1.39. The molecule has 0 radical (unpaired) electrons. The van der Waals surface area contributed by atoms with E-state index in [1.807, 2.05) is 24.3 Å². The number of fused-ring (bicyclic) bond motifs is 1. The predicted octanol–water partition coefficient (Wildman–Crippen LogP) is 1.63. The fourth-order valence-electron chi connectivity index (χ4n) is 3.52. The second-order valence-corrected chi connectivity index (χ2v) is 6.73. The molecule has 8 heteroatoms. The standard InChI is InChI=1S/C19H21N5O3/c25-18-9-8-17(21-22-18)24-10-4-3-5-13(24)12-20-19(26)11-15-14-6-1-2-7-16(14)27-23-15/h1-2,6-9,13H,3-5,10-12H2,(H,20,26)(H,22,25). The molecule has 0 saturated carbocycles. The molecule has 2 aromatic heterocycles. The van der Waals surface area contributed by atoms with Gasteiger partial charge in [-0.1, -0.05) is 17.3 Å². The molecule has 1 fully saturated rings. The van der Waals surface area contributed by atoms with Crippen molar-refractivity contribution in [2.24, 2.45) is 0 Å². The first kappa shape index (κ1) is 17.3. The van der Waals surface area contributed by atoms with E-state index in [1.165, 1.54) is 6.07 Å². The summed E-state index contributed by atoms with van der Waals surface area (Å²) in [6.45, 7) is 1.38. The molecule has 4 rings (SSSR count). The Hall–Kier alpha value is -3.16. The molecule has 1 atom stereocenters. The average molecular weight is 367 g/mol. The molecule has 0 bridgehead atoms. The van der Waals surface area contributed by atoms with E-state index in [0.717, 1.165) is 37.0 Å². The number of aromatic amines is 1. The Morgan fingerprint density at radius 2 is 2.15 bits per heavy atom. The molecule has 0 aliphatic carbocycles. The highest BCUT2D eigenvalue weighted by molar-refractivity contribution is 5.86. The van der Waals surface area contributed by atoms with Crippen LogP contribution in [0.2, 0.25) is 0 Å². The van der Waals surface area contributed by atoms with Crippen LogP contribution in [0.15, 0.2) is 45.7 Å². The molecule has 1 amide bonds. The third-order valence-electron chi connectivity index (χ3n) is 4.90. The highest BCUT2D eigenvalue weighted by Gasteiger charge is 2.24. The van der Waals surface area contributed by atoms with Gasteiger partial charge in [0.2, 0.25) is 5.91 Å². The molecule has 1 aliphatic heterocycles. The quantitative estimate of drug-likeness (QED) is 0.710. The van der Waals surface area contributed by atoms with Gasteiger partial charge in [0, 0.05) is 30.6 Å². The maximum absolute atomic E-state index is 12.4. The highest BCUT2D eigenvalue weighted by Crippen LogP contribution is 2.22. The average Bonchev–Trinajstić information content (AvgIpc) is 3.10. The van der Waals surface area contributed by atoms with E-state index in [2.05, 4.69) is 25.6 Å². The van der Waals surface area contributed by atoms with Gasteiger partial charge in [0.05, 0.1) is 6.42 Å². The zero-order valence-electron chi connectivity index (χ0n) is 14.9. The first-order valence-electron chi connectivity index (χ1n) is 9.13. The topological polar surface area (TPSA) is 104 Å². The second kappa shape index (κ2) is 7.61. The summed E-state index contributed by atoms with van der Waals surface area (Å²) in [4.78, 5) is 25.8. The van der Waals surface area contributed by atoms with Crippen LogP contribution >= 0.6 is 0 Å². The third-order valence-corrected chi connectivity index (χ3v) is 4.90. The van der Waals surface area contributed by atoms with Crippen LogP contribution in [0.4, 0.5) is 5.82 Å². The first-order valence-corrected chi connectivity index (χ1v) is 9.13. The van der Waals surface area contributed by atoms with Gasteiger partial charge in [-0.2, -0.15) is 5.10 Å². The number of H-pyrrole nitrogens is 1. The maximum Gasteiger partial charge on any atom is 0.264 e. The molecule has 2 N–H and O–H groups in total. The van der Waals surface area contributed by atoms with Crippen molar-refractivity contribution in [2.45, 2.75) is 31.7 Å². The van der Waals surface area contributed by atoms with Gasteiger partial charge in [0.25, 0.3) is 5.56 Å². The monoisotopic (exact) mass is 367 g/mol. The number of rotatable bonds is 5. The number of nitrogens with zero attached hydrogens (tertiary/aromatic N) is 3. The third kappa shape index (κ3) is 3.84. The molecule has 1 aromatic carbocycles. The number of aromatic nitrogens is 3. The summed E-state index contributed by atoms with van der Waals surface area (Å²) in [5.41, 5.74) is 1.11. The fourth-order valence-corrected chi connectivity index (χ4v) is 3.52. The number of piperidine rings is 1. The van der Waals surface area contributed by atoms with Gasteiger partial charge in [-0.05, 0) is 37.5 Å². The van der Waals surface area contributed by atoms with Crippen molar-refractivity contribution in [2.75, 3.05) is 18.0 Å². The number of hydrogen-bond donors (Lipinski definition) is 2. The number of hydrogen-bond acceptors (Lipinski definition) is 6. The Labute approximate surface area is 155 Å². The van der Waals surface area contributed by atoms with Crippen LogP contribution in [-0.2, 0) is 11.2 Å². The molecule has 3 heterocycles. The summed E-state index contributed by atoms with van der Waals surface area (Å²) in [5, 5.41) is 14.5. The van der Waals surface area contributed by atoms with Crippen molar-refractivity contribution in [1.82, 2.24) is 20.7 Å². The zero-order chi connectivity index (χ0) is 18.6. The van der Waals surface area contributed by atoms with Gasteiger partial charge >= 0.3 is 0 Å². The molecule has 27 heavy (non-hydrogen) atoms. The lowest BCUT2D eigenvalue weighted by molar-refractivity contribution is -0.120. The van der Waals surface area contributed by atoms with Crippen LogP contribution in [0.1, 0.15) is 25.0 Å². The van der Waals surface area contributed by atoms with Crippen molar-refractivity contribution < 1.29 is 9.32 Å². The van der Waals surface area contributed by atoms with Crippen molar-refractivity contribution in [3.63, 3.8) is 0 Å². The number of anilines is 1. The van der Waals surface area contributed by atoms with Gasteiger partial charge < -0.3 is 14.7 Å². The number of benzene rings is 1. The van der Waals surface area contributed by atoms with E-state index in [0.29, 0.717) is 17.8 Å². The molecule has 8 nitrogen and oxygen atoms in total. The summed E-state index contributed by atoms with van der Waals surface area (Å²) >= 11 is 0. The number of nitrogens with one attached hydrogen (secondary N) is 2. The Bertz CT molecular complexity index is 976. The van der Waals surface area contributed by atoms with Crippen LogP contribution in [0.5, 0.6) is 0 Å². The molecule has 1 saturated heterocycles. The largest absolute Gasteiger partial charge is 0.356 e. The van der Waals surface area contributed by atoms with Crippen molar-refractivity contribution in [3.8, 4) is 0 Å². The minimum absolute atomic E-state index is 0.0889. The summed E-state index contributed by atoms with van der Waals surface area (Å²) < 4.78 is 5.25.